The van der Waals surface area contributed by atoms with E-state index < -0.39 is 5.97 Å². The maximum Gasteiger partial charge on any atom is 0.337 e. The van der Waals surface area contributed by atoms with Crippen LogP contribution in [0.4, 0.5) is 5.69 Å². The Balaban J connectivity index is 2.08. The fraction of sp³-hybridized carbons (Fsp3) is 0.0714. The Hall–Kier alpha value is -2.89. The van der Waals surface area contributed by atoms with Gasteiger partial charge in [-0.25, -0.2) is 4.79 Å². The molecule has 2 rings (SSSR count). The number of esters is 1. The van der Waals surface area contributed by atoms with E-state index in [1.54, 1.807) is 24.3 Å². The van der Waals surface area contributed by atoms with Crippen molar-refractivity contribution in [3.8, 4) is 0 Å². The number of hydrogen-bond donors (Lipinski definition) is 2. The SMILES string of the molecule is COC(=O)c1ccc(NC(=O)c2cc(C=O)c[nH]2)cc1. The van der Waals surface area contributed by atoms with Gasteiger partial charge in [-0.05, 0) is 30.3 Å². The number of aromatic amines is 1. The number of amides is 1. The van der Waals surface area contributed by atoms with E-state index >= 15 is 0 Å². The molecule has 6 nitrogen and oxygen atoms in total. The van der Waals surface area contributed by atoms with Gasteiger partial charge >= 0.3 is 5.97 Å². The van der Waals surface area contributed by atoms with Gasteiger partial charge in [0.2, 0.25) is 0 Å². The van der Waals surface area contributed by atoms with E-state index in [4.69, 9.17) is 0 Å². The molecule has 1 amide bonds. The number of aromatic nitrogens is 1. The molecular weight excluding hydrogens is 260 g/mol. The Bertz CT molecular complexity index is 643. The van der Waals surface area contributed by atoms with Crippen molar-refractivity contribution in [1.29, 1.82) is 0 Å². The van der Waals surface area contributed by atoms with Crippen LogP contribution in [0.1, 0.15) is 31.2 Å². The van der Waals surface area contributed by atoms with E-state index in [1.807, 2.05) is 0 Å². The number of carbonyl (C=O) groups excluding carboxylic acids is 3. The Morgan fingerprint density at radius 3 is 2.50 bits per heavy atom. The molecule has 0 saturated heterocycles. The molecule has 0 bridgehead atoms. The molecule has 0 aliphatic heterocycles. The molecule has 1 aromatic carbocycles. The molecule has 1 heterocycles. The van der Waals surface area contributed by atoms with Crippen molar-refractivity contribution in [1.82, 2.24) is 4.98 Å². The summed E-state index contributed by atoms with van der Waals surface area (Å²) >= 11 is 0. The number of hydrogen-bond acceptors (Lipinski definition) is 4. The van der Waals surface area contributed by atoms with Crippen molar-refractivity contribution in [3.05, 3.63) is 53.3 Å². The fourth-order valence-electron chi connectivity index (χ4n) is 1.62. The second kappa shape index (κ2) is 5.83. The molecule has 0 aliphatic carbocycles. The standard InChI is InChI=1S/C14H12N2O4/c1-20-14(19)10-2-4-11(5-3-10)16-13(18)12-6-9(8-17)7-15-12/h2-8,15H,1H3,(H,16,18). The highest BCUT2D eigenvalue weighted by Crippen LogP contribution is 2.12. The summed E-state index contributed by atoms with van der Waals surface area (Å²) in [5.74, 6) is -0.813. The number of rotatable bonds is 4. The van der Waals surface area contributed by atoms with Crippen molar-refractivity contribution < 1.29 is 19.1 Å². The minimum atomic E-state index is -0.442. The van der Waals surface area contributed by atoms with Crippen LogP contribution >= 0.6 is 0 Å². The summed E-state index contributed by atoms with van der Waals surface area (Å²) in [4.78, 5) is 36.4. The predicted molar refractivity (Wildman–Crippen MR) is 71.9 cm³/mol. The highest BCUT2D eigenvalue weighted by molar-refractivity contribution is 6.04. The minimum Gasteiger partial charge on any atom is -0.465 e. The van der Waals surface area contributed by atoms with E-state index in [2.05, 4.69) is 15.0 Å². The Morgan fingerprint density at radius 1 is 1.25 bits per heavy atom. The first-order valence-electron chi connectivity index (χ1n) is 5.77. The van der Waals surface area contributed by atoms with Crippen LogP contribution in [-0.4, -0.2) is 30.3 Å². The van der Waals surface area contributed by atoms with Gasteiger partial charge in [0.05, 0.1) is 12.7 Å². The number of anilines is 1. The smallest absolute Gasteiger partial charge is 0.337 e. The normalized spacial score (nSPS) is 9.85. The lowest BCUT2D eigenvalue weighted by Crippen LogP contribution is -2.12. The van der Waals surface area contributed by atoms with Gasteiger partial charge < -0.3 is 15.0 Å². The lowest BCUT2D eigenvalue weighted by atomic mass is 10.2. The number of carbonyl (C=O) groups is 3. The van der Waals surface area contributed by atoms with Crippen LogP contribution in [0.2, 0.25) is 0 Å². The molecule has 0 atom stereocenters. The first-order chi connectivity index (χ1) is 9.63. The van der Waals surface area contributed by atoms with Crippen LogP contribution < -0.4 is 5.32 Å². The van der Waals surface area contributed by atoms with Crippen molar-refractivity contribution in [2.75, 3.05) is 12.4 Å². The van der Waals surface area contributed by atoms with Gasteiger partial charge in [0, 0.05) is 17.4 Å². The third kappa shape index (κ3) is 2.92. The van der Waals surface area contributed by atoms with Crippen LogP contribution in [0.15, 0.2) is 36.5 Å². The monoisotopic (exact) mass is 272 g/mol. The van der Waals surface area contributed by atoms with Gasteiger partial charge in [-0.15, -0.1) is 0 Å². The maximum atomic E-state index is 11.9. The van der Waals surface area contributed by atoms with Gasteiger partial charge in [0.15, 0.2) is 6.29 Å². The average molecular weight is 272 g/mol. The summed E-state index contributed by atoms with van der Waals surface area (Å²) in [6.45, 7) is 0. The number of ether oxygens (including phenoxy) is 1. The Morgan fingerprint density at radius 2 is 1.95 bits per heavy atom. The number of methoxy groups -OCH3 is 1. The van der Waals surface area contributed by atoms with Crippen molar-refractivity contribution >= 4 is 23.9 Å². The van der Waals surface area contributed by atoms with Crippen LogP contribution in [0.5, 0.6) is 0 Å². The molecular formula is C14H12N2O4. The fourth-order valence-corrected chi connectivity index (χ4v) is 1.62. The first kappa shape index (κ1) is 13.5. The van der Waals surface area contributed by atoms with E-state index in [0.29, 0.717) is 23.1 Å². The van der Waals surface area contributed by atoms with Gasteiger partial charge in [0.1, 0.15) is 5.69 Å². The largest absolute Gasteiger partial charge is 0.465 e. The van der Waals surface area contributed by atoms with Gasteiger partial charge in [-0.3, -0.25) is 9.59 Å². The topological polar surface area (TPSA) is 88.3 Å². The van der Waals surface area contributed by atoms with Crippen LogP contribution in [-0.2, 0) is 4.74 Å². The van der Waals surface area contributed by atoms with E-state index in [0.717, 1.165) is 0 Å². The highest BCUT2D eigenvalue weighted by atomic mass is 16.5. The molecule has 0 saturated carbocycles. The zero-order chi connectivity index (χ0) is 14.5. The van der Waals surface area contributed by atoms with Crippen LogP contribution in [0, 0.1) is 0 Å². The minimum absolute atomic E-state index is 0.282. The summed E-state index contributed by atoms with van der Waals surface area (Å²) < 4.78 is 4.58. The molecule has 0 unspecified atom stereocenters. The molecule has 1 aromatic heterocycles. The summed E-state index contributed by atoms with van der Waals surface area (Å²) in [7, 11) is 1.30. The number of nitrogens with one attached hydrogen (secondary N) is 2. The van der Waals surface area contributed by atoms with E-state index in [-0.39, 0.29) is 11.6 Å². The van der Waals surface area contributed by atoms with Crippen molar-refractivity contribution in [3.63, 3.8) is 0 Å². The lowest BCUT2D eigenvalue weighted by Gasteiger charge is -2.04. The molecule has 2 N–H and O–H groups in total. The zero-order valence-corrected chi connectivity index (χ0v) is 10.7. The molecule has 0 fully saturated rings. The zero-order valence-electron chi connectivity index (χ0n) is 10.7. The molecule has 0 aliphatic rings. The Kier molecular flexibility index (Phi) is 3.95. The molecule has 0 radical (unpaired) electrons. The van der Waals surface area contributed by atoms with Gasteiger partial charge in [-0.2, -0.15) is 0 Å². The summed E-state index contributed by atoms with van der Waals surface area (Å²) in [5, 5.41) is 2.64. The first-order valence-corrected chi connectivity index (χ1v) is 5.77. The summed E-state index contributed by atoms with van der Waals surface area (Å²) in [6.07, 6.45) is 2.10. The maximum absolute atomic E-state index is 11.9. The second-order valence-electron chi connectivity index (χ2n) is 3.99. The number of aldehydes is 1. The highest BCUT2D eigenvalue weighted by Gasteiger charge is 2.09. The second-order valence-corrected chi connectivity index (χ2v) is 3.99. The van der Waals surface area contributed by atoms with Crippen LogP contribution in [0.25, 0.3) is 0 Å². The van der Waals surface area contributed by atoms with E-state index in [1.165, 1.54) is 19.4 Å². The third-order valence-electron chi connectivity index (χ3n) is 2.65. The molecule has 102 valence electrons. The average Bonchev–Trinajstić information content (AvgIpc) is 2.96. The lowest BCUT2D eigenvalue weighted by molar-refractivity contribution is 0.0600. The van der Waals surface area contributed by atoms with Gasteiger partial charge in [0.25, 0.3) is 5.91 Å². The van der Waals surface area contributed by atoms with Gasteiger partial charge in [-0.1, -0.05) is 0 Å². The van der Waals surface area contributed by atoms with Crippen molar-refractivity contribution in [2.45, 2.75) is 0 Å². The predicted octanol–water partition coefficient (Wildman–Crippen LogP) is 1.87. The quantitative estimate of drug-likeness (QED) is 0.657. The number of benzene rings is 1. The molecule has 6 heteroatoms. The van der Waals surface area contributed by atoms with Crippen molar-refractivity contribution in [2.24, 2.45) is 0 Å². The molecule has 0 spiro atoms. The Labute approximate surface area is 114 Å². The summed E-state index contributed by atoms with van der Waals surface area (Å²) in [6, 6.07) is 7.73. The third-order valence-corrected chi connectivity index (χ3v) is 2.65. The van der Waals surface area contributed by atoms with E-state index in [9.17, 15) is 14.4 Å². The summed E-state index contributed by atoms with van der Waals surface area (Å²) in [5.41, 5.74) is 1.61. The van der Waals surface area contributed by atoms with Crippen LogP contribution in [0.3, 0.4) is 0 Å². The molecule has 20 heavy (non-hydrogen) atoms. The molecule has 2 aromatic rings. The number of H-pyrrole nitrogens is 1.